The van der Waals surface area contributed by atoms with Gasteiger partial charge in [0.15, 0.2) is 0 Å². The first-order valence-electron chi connectivity index (χ1n) is 7.83. The fourth-order valence-corrected chi connectivity index (χ4v) is 3.34. The zero-order valence-electron chi connectivity index (χ0n) is 13.1. The van der Waals surface area contributed by atoms with Gasteiger partial charge in [0.2, 0.25) is 11.6 Å². The molecule has 1 unspecified atom stereocenters. The maximum absolute atomic E-state index is 13.0. The fourth-order valence-electron chi connectivity index (χ4n) is 3.34. The first-order chi connectivity index (χ1) is 12.0. The van der Waals surface area contributed by atoms with Gasteiger partial charge in [-0.05, 0) is 36.4 Å². The molecule has 3 amide bonds. The average Bonchev–Trinajstić information content (AvgIpc) is 2.95. The lowest BCUT2D eigenvalue weighted by Crippen LogP contribution is -2.68. The fraction of sp³-hybridized carbons (Fsp3) is 0.167. The number of para-hydroxylation sites is 1. The predicted molar refractivity (Wildman–Crippen MR) is 88.4 cm³/mol. The molecule has 4 rings (SSSR count). The number of benzene rings is 2. The molecule has 0 spiro atoms. The van der Waals surface area contributed by atoms with Crippen LogP contribution in [0, 0.1) is 5.82 Å². The largest absolute Gasteiger partial charge is 0.322 e. The minimum atomic E-state index is -1.48. The van der Waals surface area contributed by atoms with Gasteiger partial charge in [0, 0.05) is 18.5 Å². The van der Waals surface area contributed by atoms with Crippen molar-refractivity contribution in [3.63, 3.8) is 0 Å². The van der Waals surface area contributed by atoms with Crippen LogP contribution < -0.4 is 15.5 Å². The van der Waals surface area contributed by atoms with Gasteiger partial charge in [-0.1, -0.05) is 12.1 Å². The summed E-state index contributed by atoms with van der Waals surface area (Å²) in [4.78, 5) is 39.2. The molecule has 0 radical (unpaired) electrons. The van der Waals surface area contributed by atoms with Crippen LogP contribution in [0.25, 0.3) is 0 Å². The molecule has 2 N–H and O–H groups in total. The zero-order chi connectivity index (χ0) is 17.6. The first kappa shape index (κ1) is 15.3. The third-order valence-corrected chi connectivity index (χ3v) is 4.52. The molecule has 6 nitrogen and oxygen atoms in total. The van der Waals surface area contributed by atoms with E-state index in [-0.39, 0.29) is 18.7 Å². The predicted octanol–water partition coefficient (Wildman–Crippen LogP) is 2.03. The number of carbonyl (C=O) groups excluding carboxylic acids is 3. The molecule has 1 atom stereocenters. The summed E-state index contributed by atoms with van der Waals surface area (Å²) in [5.74, 6) is -1.60. The van der Waals surface area contributed by atoms with Crippen molar-refractivity contribution >= 4 is 29.1 Å². The Hall–Kier alpha value is -3.22. The molecule has 7 heteroatoms. The molecule has 1 fully saturated rings. The maximum atomic E-state index is 13.0. The molecule has 126 valence electrons. The van der Waals surface area contributed by atoms with Crippen LogP contribution in [0.4, 0.5) is 15.8 Å². The van der Waals surface area contributed by atoms with Crippen LogP contribution >= 0.6 is 0 Å². The second-order valence-electron chi connectivity index (χ2n) is 6.02. The Bertz CT molecular complexity index is 897. The van der Waals surface area contributed by atoms with Crippen LogP contribution in [0.2, 0.25) is 0 Å². The van der Waals surface area contributed by atoms with E-state index in [9.17, 15) is 18.8 Å². The smallest absolute Gasteiger partial charge is 0.271 e. The Morgan fingerprint density at radius 2 is 1.84 bits per heavy atom. The maximum Gasteiger partial charge on any atom is 0.271 e. The molecule has 0 saturated carbocycles. The van der Waals surface area contributed by atoms with Gasteiger partial charge in [0.05, 0.1) is 11.3 Å². The van der Waals surface area contributed by atoms with Crippen molar-refractivity contribution in [3.8, 4) is 0 Å². The molecule has 25 heavy (non-hydrogen) atoms. The van der Waals surface area contributed by atoms with Gasteiger partial charge in [0.25, 0.3) is 11.8 Å². The normalized spacial score (nSPS) is 21.4. The van der Waals surface area contributed by atoms with E-state index in [0.29, 0.717) is 16.9 Å². The van der Waals surface area contributed by atoms with E-state index < -0.39 is 23.3 Å². The molecule has 2 aromatic rings. The highest BCUT2D eigenvalue weighted by atomic mass is 19.1. The summed E-state index contributed by atoms with van der Waals surface area (Å²) in [5, 5.41) is 5.35. The summed E-state index contributed by atoms with van der Waals surface area (Å²) in [5.41, 5.74) is -0.323. The summed E-state index contributed by atoms with van der Waals surface area (Å²) in [6.07, 6.45) is 0.310. The summed E-state index contributed by atoms with van der Waals surface area (Å²) >= 11 is 0. The quantitative estimate of drug-likeness (QED) is 0.879. The second kappa shape index (κ2) is 5.41. The van der Waals surface area contributed by atoms with Crippen LogP contribution in [0.1, 0.15) is 23.2 Å². The topological polar surface area (TPSA) is 78.5 Å². The minimum Gasteiger partial charge on any atom is -0.322 e. The summed E-state index contributed by atoms with van der Waals surface area (Å²) < 4.78 is 13.0. The molecular weight excluding hydrogens is 325 g/mol. The van der Waals surface area contributed by atoms with Gasteiger partial charge in [0.1, 0.15) is 5.82 Å². The molecule has 2 heterocycles. The number of carbonyl (C=O) groups is 3. The van der Waals surface area contributed by atoms with E-state index in [4.69, 9.17) is 0 Å². The van der Waals surface area contributed by atoms with Crippen molar-refractivity contribution in [1.82, 2.24) is 5.32 Å². The van der Waals surface area contributed by atoms with Crippen molar-refractivity contribution in [1.29, 1.82) is 0 Å². The molecular formula is C18H14FN3O3. The molecule has 0 aromatic heterocycles. The number of hydrogen-bond donors (Lipinski definition) is 2. The Kier molecular flexibility index (Phi) is 3.31. The van der Waals surface area contributed by atoms with E-state index in [1.807, 2.05) is 0 Å². The van der Waals surface area contributed by atoms with E-state index in [1.54, 1.807) is 24.3 Å². The molecule has 0 bridgehead atoms. The number of halogens is 1. The molecule has 2 aromatic carbocycles. The van der Waals surface area contributed by atoms with Gasteiger partial charge < -0.3 is 10.6 Å². The lowest BCUT2D eigenvalue weighted by molar-refractivity contribution is -0.124. The average molecular weight is 339 g/mol. The number of fused-ring (bicyclic) bond motifs is 3. The van der Waals surface area contributed by atoms with Crippen molar-refractivity contribution in [2.75, 3.05) is 10.2 Å². The van der Waals surface area contributed by atoms with Crippen molar-refractivity contribution < 1.29 is 18.8 Å². The highest BCUT2D eigenvalue weighted by molar-refractivity contribution is 6.18. The third kappa shape index (κ3) is 2.27. The molecule has 0 aliphatic carbocycles. The summed E-state index contributed by atoms with van der Waals surface area (Å²) in [7, 11) is 0. The highest BCUT2D eigenvalue weighted by Gasteiger charge is 2.56. The lowest BCUT2D eigenvalue weighted by Gasteiger charge is -2.41. The Morgan fingerprint density at radius 3 is 2.60 bits per heavy atom. The highest BCUT2D eigenvalue weighted by Crippen LogP contribution is 2.39. The van der Waals surface area contributed by atoms with Gasteiger partial charge in [-0.3, -0.25) is 19.3 Å². The van der Waals surface area contributed by atoms with Crippen LogP contribution in [0.5, 0.6) is 0 Å². The van der Waals surface area contributed by atoms with E-state index >= 15 is 0 Å². The van der Waals surface area contributed by atoms with Crippen molar-refractivity contribution in [3.05, 3.63) is 59.9 Å². The Labute approximate surface area is 142 Å². The SMILES string of the molecule is O=C1NC2(C(=O)Nc3ccc(F)cc3)CCC(=O)N2c2ccccc21. The second-order valence-corrected chi connectivity index (χ2v) is 6.02. The molecule has 2 aliphatic heterocycles. The monoisotopic (exact) mass is 339 g/mol. The van der Waals surface area contributed by atoms with E-state index in [1.165, 1.54) is 29.2 Å². The van der Waals surface area contributed by atoms with E-state index in [0.717, 1.165) is 0 Å². The minimum absolute atomic E-state index is 0.144. The van der Waals surface area contributed by atoms with Crippen LogP contribution in [-0.2, 0) is 9.59 Å². The van der Waals surface area contributed by atoms with Crippen LogP contribution in [0.3, 0.4) is 0 Å². The van der Waals surface area contributed by atoms with Gasteiger partial charge in [-0.25, -0.2) is 4.39 Å². The summed E-state index contributed by atoms with van der Waals surface area (Å²) in [6.45, 7) is 0. The number of nitrogens with one attached hydrogen (secondary N) is 2. The van der Waals surface area contributed by atoms with Gasteiger partial charge >= 0.3 is 0 Å². The lowest BCUT2D eigenvalue weighted by atomic mass is 9.98. The van der Waals surface area contributed by atoms with Crippen LogP contribution in [-0.4, -0.2) is 23.4 Å². The first-order valence-corrected chi connectivity index (χ1v) is 7.83. The number of rotatable bonds is 2. The summed E-state index contributed by atoms with van der Waals surface area (Å²) in [6, 6.07) is 12.0. The number of nitrogens with zero attached hydrogens (tertiary/aromatic N) is 1. The number of anilines is 2. The molecule has 2 aliphatic rings. The van der Waals surface area contributed by atoms with Crippen LogP contribution in [0.15, 0.2) is 48.5 Å². The number of amides is 3. The standard InChI is InChI=1S/C18H14FN3O3/c19-11-5-7-12(8-6-11)20-17(25)18-10-9-15(23)22(18)14-4-2-1-3-13(14)16(24)21-18/h1-8H,9-10H2,(H,20,25)(H,21,24). The van der Waals surface area contributed by atoms with E-state index in [2.05, 4.69) is 10.6 Å². The van der Waals surface area contributed by atoms with Crippen molar-refractivity contribution in [2.24, 2.45) is 0 Å². The van der Waals surface area contributed by atoms with Gasteiger partial charge in [-0.15, -0.1) is 0 Å². The number of hydrogen-bond acceptors (Lipinski definition) is 3. The Morgan fingerprint density at radius 1 is 1.12 bits per heavy atom. The van der Waals surface area contributed by atoms with Crippen molar-refractivity contribution in [2.45, 2.75) is 18.5 Å². The molecule has 1 saturated heterocycles. The van der Waals surface area contributed by atoms with Gasteiger partial charge in [-0.2, -0.15) is 0 Å². The zero-order valence-corrected chi connectivity index (χ0v) is 13.1. The Balaban J connectivity index is 1.74. The third-order valence-electron chi connectivity index (χ3n) is 4.52.